The van der Waals surface area contributed by atoms with Crippen LogP contribution in [0, 0.1) is 19.7 Å². The second-order valence-corrected chi connectivity index (χ2v) is 7.95. The van der Waals surface area contributed by atoms with Crippen molar-refractivity contribution < 1.29 is 23.8 Å². The highest BCUT2D eigenvalue weighted by Gasteiger charge is 2.47. The molecule has 4 rings (SSSR count). The molecule has 0 bridgehead atoms. The van der Waals surface area contributed by atoms with Gasteiger partial charge in [-0.3, -0.25) is 14.5 Å². The topological polar surface area (TPSA) is 66.8 Å². The first-order valence-electron chi connectivity index (χ1n) is 10.7. The zero-order valence-corrected chi connectivity index (χ0v) is 18.6. The van der Waals surface area contributed by atoms with Gasteiger partial charge in [0.15, 0.2) is 0 Å². The Bertz CT molecular complexity index is 1260. The van der Waals surface area contributed by atoms with E-state index in [0.717, 1.165) is 11.1 Å². The molecule has 5 nitrogen and oxygen atoms in total. The van der Waals surface area contributed by atoms with Gasteiger partial charge in [0.05, 0.1) is 18.2 Å². The van der Waals surface area contributed by atoms with Gasteiger partial charge in [-0.15, -0.1) is 0 Å². The van der Waals surface area contributed by atoms with Gasteiger partial charge in [0.1, 0.15) is 17.3 Å². The zero-order valence-electron chi connectivity index (χ0n) is 18.6. The summed E-state index contributed by atoms with van der Waals surface area (Å²) >= 11 is 0. The largest absolute Gasteiger partial charge is 0.507 e. The molecule has 1 aliphatic heterocycles. The maximum Gasteiger partial charge on any atom is 0.300 e. The molecule has 1 heterocycles. The number of hydrogen-bond acceptors (Lipinski definition) is 4. The lowest BCUT2D eigenvalue weighted by atomic mass is 9.95. The number of benzene rings is 3. The first kappa shape index (κ1) is 22.3. The first-order valence-corrected chi connectivity index (χ1v) is 10.7. The molecule has 1 aliphatic rings. The van der Waals surface area contributed by atoms with E-state index in [9.17, 15) is 19.1 Å². The molecule has 0 spiro atoms. The molecule has 0 aromatic heterocycles. The number of carbonyl (C=O) groups is 2. The SMILES string of the molecule is CCOc1cccc(/C(O)=C2\C(=O)C(=O)N(c3ccc(C)c(C)c3)C2c2ccc(F)cc2)c1. The van der Waals surface area contributed by atoms with Gasteiger partial charge in [0.25, 0.3) is 11.7 Å². The summed E-state index contributed by atoms with van der Waals surface area (Å²) in [6, 6.07) is 16.8. The number of carbonyl (C=O) groups excluding carboxylic acids is 2. The summed E-state index contributed by atoms with van der Waals surface area (Å²) in [5.74, 6) is -1.78. The van der Waals surface area contributed by atoms with Crippen LogP contribution in [0.5, 0.6) is 5.75 Å². The number of ketones is 1. The van der Waals surface area contributed by atoms with Gasteiger partial charge < -0.3 is 9.84 Å². The van der Waals surface area contributed by atoms with Crippen molar-refractivity contribution in [2.24, 2.45) is 0 Å². The Labute approximate surface area is 191 Å². The van der Waals surface area contributed by atoms with Gasteiger partial charge >= 0.3 is 0 Å². The smallest absolute Gasteiger partial charge is 0.300 e. The summed E-state index contributed by atoms with van der Waals surface area (Å²) in [5.41, 5.74) is 3.33. The van der Waals surface area contributed by atoms with Crippen molar-refractivity contribution in [2.75, 3.05) is 11.5 Å². The Kier molecular flexibility index (Phi) is 6.01. The minimum atomic E-state index is -0.913. The highest BCUT2D eigenvalue weighted by molar-refractivity contribution is 6.51. The molecule has 0 saturated carbocycles. The number of aryl methyl sites for hydroxylation is 2. The molecule has 1 amide bonds. The number of aliphatic hydroxyl groups is 1. The molecular weight excluding hydrogens is 421 g/mol. The van der Waals surface area contributed by atoms with E-state index < -0.39 is 23.5 Å². The number of Topliss-reactive ketones (excluding diaryl/α,β-unsaturated/α-hetero) is 1. The van der Waals surface area contributed by atoms with Crippen LogP contribution in [0.3, 0.4) is 0 Å². The summed E-state index contributed by atoms with van der Waals surface area (Å²) in [4.78, 5) is 27.8. The molecular formula is C27H24FNO4. The van der Waals surface area contributed by atoms with E-state index in [0.29, 0.717) is 29.2 Å². The van der Waals surface area contributed by atoms with E-state index in [1.807, 2.05) is 32.9 Å². The van der Waals surface area contributed by atoms with E-state index in [2.05, 4.69) is 0 Å². The monoisotopic (exact) mass is 445 g/mol. The number of hydrogen-bond donors (Lipinski definition) is 1. The number of aliphatic hydroxyl groups excluding tert-OH is 1. The average molecular weight is 445 g/mol. The van der Waals surface area contributed by atoms with E-state index in [1.54, 1.807) is 30.3 Å². The lowest BCUT2D eigenvalue weighted by Crippen LogP contribution is -2.29. The molecule has 168 valence electrons. The van der Waals surface area contributed by atoms with E-state index in [1.165, 1.54) is 29.2 Å². The van der Waals surface area contributed by atoms with Crippen LogP contribution in [0.15, 0.2) is 72.3 Å². The molecule has 33 heavy (non-hydrogen) atoms. The molecule has 1 fully saturated rings. The standard InChI is InChI=1S/C27H24FNO4/c1-4-33-22-7-5-6-19(15-22)25(30)23-24(18-9-11-20(28)12-10-18)29(27(32)26(23)31)21-13-8-16(2)17(3)14-21/h5-15,24,30H,4H2,1-3H3/b25-23+. The van der Waals surface area contributed by atoms with Gasteiger partial charge in [0.2, 0.25) is 0 Å². The number of rotatable bonds is 5. The van der Waals surface area contributed by atoms with Crippen molar-refractivity contribution in [3.63, 3.8) is 0 Å². The number of ether oxygens (including phenoxy) is 1. The first-order chi connectivity index (χ1) is 15.8. The second kappa shape index (κ2) is 8.90. The number of halogens is 1. The third-order valence-corrected chi connectivity index (χ3v) is 5.82. The normalized spacial score (nSPS) is 17.5. The van der Waals surface area contributed by atoms with Crippen LogP contribution < -0.4 is 9.64 Å². The lowest BCUT2D eigenvalue weighted by molar-refractivity contribution is -0.132. The number of anilines is 1. The van der Waals surface area contributed by atoms with Crippen molar-refractivity contribution >= 4 is 23.1 Å². The molecule has 0 aliphatic carbocycles. The van der Waals surface area contributed by atoms with Crippen LogP contribution in [0.2, 0.25) is 0 Å². The fraction of sp³-hybridized carbons (Fsp3) is 0.185. The predicted molar refractivity (Wildman–Crippen MR) is 125 cm³/mol. The third-order valence-electron chi connectivity index (χ3n) is 5.82. The number of nitrogens with zero attached hydrogens (tertiary/aromatic N) is 1. The Morgan fingerprint density at radius 1 is 1.00 bits per heavy atom. The fourth-order valence-corrected chi connectivity index (χ4v) is 3.99. The number of amides is 1. The van der Waals surface area contributed by atoms with Crippen LogP contribution in [0.1, 0.15) is 35.2 Å². The molecule has 1 atom stereocenters. The molecule has 1 saturated heterocycles. The summed E-state index contributed by atoms with van der Waals surface area (Å²) in [7, 11) is 0. The molecule has 1 N–H and O–H groups in total. The minimum Gasteiger partial charge on any atom is -0.507 e. The second-order valence-electron chi connectivity index (χ2n) is 7.95. The zero-order chi connectivity index (χ0) is 23.7. The Morgan fingerprint density at radius 2 is 1.73 bits per heavy atom. The molecule has 0 radical (unpaired) electrons. The molecule has 6 heteroatoms. The minimum absolute atomic E-state index is 0.0570. The predicted octanol–water partition coefficient (Wildman–Crippen LogP) is 5.47. The van der Waals surface area contributed by atoms with Gasteiger partial charge in [-0.1, -0.05) is 30.3 Å². The van der Waals surface area contributed by atoms with Crippen molar-refractivity contribution in [2.45, 2.75) is 26.8 Å². The van der Waals surface area contributed by atoms with Crippen molar-refractivity contribution in [1.82, 2.24) is 0 Å². The maximum atomic E-state index is 13.7. The Balaban J connectivity index is 1.93. The summed E-state index contributed by atoms with van der Waals surface area (Å²) in [6.07, 6.45) is 0. The van der Waals surface area contributed by atoms with Crippen molar-refractivity contribution in [3.8, 4) is 5.75 Å². The van der Waals surface area contributed by atoms with E-state index in [4.69, 9.17) is 4.74 Å². The molecule has 3 aromatic rings. The maximum absolute atomic E-state index is 13.7. The van der Waals surface area contributed by atoms with Gasteiger partial charge in [-0.25, -0.2) is 4.39 Å². The van der Waals surface area contributed by atoms with Crippen molar-refractivity contribution in [1.29, 1.82) is 0 Å². The van der Waals surface area contributed by atoms with Gasteiger partial charge in [0, 0.05) is 11.3 Å². The van der Waals surface area contributed by atoms with Crippen LogP contribution >= 0.6 is 0 Å². The Hall–Kier alpha value is -3.93. The van der Waals surface area contributed by atoms with Crippen molar-refractivity contribution in [3.05, 3.63) is 100 Å². The van der Waals surface area contributed by atoms with Gasteiger partial charge in [-0.2, -0.15) is 0 Å². The summed E-state index contributed by atoms with van der Waals surface area (Å²) in [6.45, 7) is 6.16. The Morgan fingerprint density at radius 3 is 2.39 bits per heavy atom. The molecule has 3 aromatic carbocycles. The van der Waals surface area contributed by atoms with Crippen LogP contribution in [0.4, 0.5) is 10.1 Å². The summed E-state index contributed by atoms with van der Waals surface area (Å²) in [5, 5.41) is 11.2. The highest BCUT2D eigenvalue weighted by atomic mass is 19.1. The lowest BCUT2D eigenvalue weighted by Gasteiger charge is -2.26. The quantitative estimate of drug-likeness (QED) is 0.321. The van der Waals surface area contributed by atoms with Crippen LogP contribution in [0.25, 0.3) is 5.76 Å². The molecule has 1 unspecified atom stereocenters. The van der Waals surface area contributed by atoms with E-state index in [-0.39, 0.29) is 11.3 Å². The average Bonchev–Trinajstić information content (AvgIpc) is 3.07. The van der Waals surface area contributed by atoms with E-state index >= 15 is 0 Å². The fourth-order valence-electron chi connectivity index (χ4n) is 3.99. The summed E-state index contributed by atoms with van der Waals surface area (Å²) < 4.78 is 19.2. The van der Waals surface area contributed by atoms with Gasteiger partial charge in [-0.05, 0) is 73.9 Å². The van der Waals surface area contributed by atoms with Crippen LogP contribution in [-0.2, 0) is 9.59 Å². The van der Waals surface area contributed by atoms with Crippen LogP contribution in [-0.4, -0.2) is 23.4 Å². The third kappa shape index (κ3) is 4.12. The highest BCUT2D eigenvalue weighted by Crippen LogP contribution is 2.42.